The van der Waals surface area contributed by atoms with Gasteiger partial charge in [-0.25, -0.2) is 0 Å². The first-order valence-electron chi connectivity index (χ1n) is 6.80. The Bertz CT molecular complexity index is 417. The number of rotatable bonds is 4. The fourth-order valence-electron chi connectivity index (χ4n) is 3.05. The van der Waals surface area contributed by atoms with Crippen LogP contribution in [0.1, 0.15) is 41.1 Å². The summed E-state index contributed by atoms with van der Waals surface area (Å²) in [5, 5.41) is 3.70. The molecule has 0 bridgehead atoms. The fraction of sp³-hybridized carbons (Fsp3) is 0.500. The summed E-state index contributed by atoms with van der Waals surface area (Å²) in [7, 11) is 0. The van der Waals surface area contributed by atoms with Crippen LogP contribution < -0.4 is 11.1 Å². The summed E-state index contributed by atoms with van der Waals surface area (Å²) >= 11 is 0. The van der Waals surface area contributed by atoms with E-state index >= 15 is 0 Å². The lowest BCUT2D eigenvalue weighted by Crippen LogP contribution is -2.36. The van der Waals surface area contributed by atoms with Crippen molar-refractivity contribution in [2.45, 2.75) is 45.7 Å². The van der Waals surface area contributed by atoms with Crippen molar-refractivity contribution in [3.8, 4) is 0 Å². The highest BCUT2D eigenvalue weighted by atomic mass is 15.0. The van der Waals surface area contributed by atoms with Gasteiger partial charge in [0.1, 0.15) is 0 Å². The Morgan fingerprint density at radius 1 is 1.17 bits per heavy atom. The maximum absolute atomic E-state index is 5.98. The zero-order valence-corrected chi connectivity index (χ0v) is 11.7. The van der Waals surface area contributed by atoms with Crippen LogP contribution in [-0.2, 0) is 0 Å². The molecule has 1 aromatic carbocycles. The largest absolute Gasteiger partial charge is 0.329 e. The van der Waals surface area contributed by atoms with E-state index in [1.54, 1.807) is 0 Å². The molecule has 0 saturated carbocycles. The smallest absolute Gasteiger partial charge is 0.0452 e. The molecular weight excluding hydrogens is 220 g/mol. The van der Waals surface area contributed by atoms with Crippen LogP contribution >= 0.6 is 0 Å². The van der Waals surface area contributed by atoms with Gasteiger partial charge in [0.05, 0.1) is 0 Å². The van der Waals surface area contributed by atoms with Gasteiger partial charge in [0, 0.05) is 18.6 Å². The molecule has 0 spiro atoms. The van der Waals surface area contributed by atoms with Crippen LogP contribution in [0.5, 0.6) is 0 Å². The lowest BCUT2D eigenvalue weighted by molar-refractivity contribution is 0.451. The second kappa shape index (κ2) is 5.68. The first kappa shape index (κ1) is 13.3. The van der Waals surface area contributed by atoms with Crippen LogP contribution in [-0.4, -0.2) is 12.6 Å². The van der Waals surface area contributed by atoms with Gasteiger partial charge in [-0.1, -0.05) is 29.8 Å². The van der Waals surface area contributed by atoms with Gasteiger partial charge in [0.25, 0.3) is 0 Å². The maximum atomic E-state index is 5.98. The average molecular weight is 244 g/mol. The van der Waals surface area contributed by atoms with E-state index in [0.717, 1.165) is 12.8 Å². The van der Waals surface area contributed by atoms with Crippen molar-refractivity contribution in [3.63, 3.8) is 0 Å². The minimum atomic E-state index is 0.274. The van der Waals surface area contributed by atoms with Crippen LogP contribution in [0.2, 0.25) is 0 Å². The predicted octanol–water partition coefficient (Wildman–Crippen LogP) is 2.92. The zero-order valence-electron chi connectivity index (χ0n) is 11.7. The van der Waals surface area contributed by atoms with Crippen LogP contribution in [0.4, 0.5) is 0 Å². The van der Waals surface area contributed by atoms with Crippen molar-refractivity contribution < 1.29 is 0 Å². The lowest BCUT2D eigenvalue weighted by atomic mass is 9.93. The van der Waals surface area contributed by atoms with Crippen molar-refractivity contribution in [2.75, 3.05) is 6.54 Å². The summed E-state index contributed by atoms with van der Waals surface area (Å²) in [6.45, 7) is 7.18. The summed E-state index contributed by atoms with van der Waals surface area (Å²) in [4.78, 5) is 0. The molecule has 1 atom stereocenters. The molecule has 1 aliphatic rings. The molecule has 3 N–H and O–H groups in total. The fourth-order valence-corrected chi connectivity index (χ4v) is 3.05. The summed E-state index contributed by atoms with van der Waals surface area (Å²) in [6.07, 6.45) is 6.75. The Balaban J connectivity index is 2.21. The lowest BCUT2D eigenvalue weighted by Gasteiger charge is -2.25. The van der Waals surface area contributed by atoms with E-state index < -0.39 is 0 Å². The van der Waals surface area contributed by atoms with Crippen molar-refractivity contribution in [1.82, 2.24) is 5.32 Å². The average Bonchev–Trinajstić information content (AvgIpc) is 2.79. The number of benzene rings is 1. The molecule has 2 nitrogen and oxygen atoms in total. The Kier molecular flexibility index (Phi) is 4.20. The van der Waals surface area contributed by atoms with Crippen LogP contribution in [0.25, 0.3) is 0 Å². The molecule has 1 aliphatic carbocycles. The highest BCUT2D eigenvalue weighted by Crippen LogP contribution is 2.25. The highest BCUT2D eigenvalue weighted by molar-refractivity contribution is 5.40. The Morgan fingerprint density at radius 2 is 1.72 bits per heavy atom. The van der Waals surface area contributed by atoms with Gasteiger partial charge in [0.15, 0.2) is 0 Å². The second-order valence-corrected chi connectivity index (χ2v) is 5.41. The van der Waals surface area contributed by atoms with Crippen LogP contribution in [0.15, 0.2) is 24.3 Å². The van der Waals surface area contributed by atoms with Gasteiger partial charge in [-0.3, -0.25) is 0 Å². The molecule has 0 heterocycles. The van der Waals surface area contributed by atoms with E-state index in [4.69, 9.17) is 5.73 Å². The van der Waals surface area contributed by atoms with Crippen molar-refractivity contribution in [2.24, 2.45) is 5.73 Å². The Hall–Kier alpha value is -1.12. The van der Waals surface area contributed by atoms with Gasteiger partial charge in [-0.05, 0) is 50.3 Å². The molecule has 2 rings (SSSR count). The van der Waals surface area contributed by atoms with Gasteiger partial charge in [0.2, 0.25) is 0 Å². The number of nitrogens with one attached hydrogen (secondary N) is 1. The van der Waals surface area contributed by atoms with Crippen molar-refractivity contribution >= 4 is 0 Å². The van der Waals surface area contributed by atoms with E-state index in [0.29, 0.717) is 12.6 Å². The molecule has 1 aromatic rings. The Morgan fingerprint density at radius 3 is 2.22 bits per heavy atom. The summed E-state index contributed by atoms with van der Waals surface area (Å²) in [6, 6.07) is 5.33. The number of nitrogens with two attached hydrogens (primary N) is 1. The highest BCUT2D eigenvalue weighted by Gasteiger charge is 2.19. The summed E-state index contributed by atoms with van der Waals surface area (Å²) < 4.78 is 0. The number of hydrogen-bond acceptors (Lipinski definition) is 2. The molecule has 0 aromatic heterocycles. The summed E-state index contributed by atoms with van der Waals surface area (Å²) in [5.41, 5.74) is 11.4. The minimum absolute atomic E-state index is 0.274. The maximum Gasteiger partial charge on any atom is 0.0452 e. The third-order valence-corrected chi connectivity index (χ3v) is 3.77. The SMILES string of the molecule is Cc1cc(C)c(C(CN)NC2CC=CC2)c(C)c1. The standard InChI is InChI=1S/C16H24N2/c1-11-8-12(2)16(13(3)9-11)15(10-17)18-14-6-4-5-7-14/h4-5,8-9,14-15,18H,6-7,10,17H2,1-3H3. The molecule has 0 amide bonds. The van der Waals surface area contributed by atoms with E-state index in [1.807, 2.05) is 0 Å². The van der Waals surface area contributed by atoms with E-state index in [-0.39, 0.29) is 6.04 Å². The third-order valence-electron chi connectivity index (χ3n) is 3.77. The Labute approximate surface area is 110 Å². The number of aryl methyl sites for hydroxylation is 3. The van der Waals surface area contributed by atoms with Gasteiger partial charge in [-0.2, -0.15) is 0 Å². The molecule has 1 unspecified atom stereocenters. The van der Waals surface area contributed by atoms with Gasteiger partial charge >= 0.3 is 0 Å². The quantitative estimate of drug-likeness (QED) is 0.799. The van der Waals surface area contributed by atoms with Gasteiger partial charge < -0.3 is 11.1 Å². The topological polar surface area (TPSA) is 38.0 Å². The van der Waals surface area contributed by atoms with Crippen LogP contribution in [0, 0.1) is 20.8 Å². The van der Waals surface area contributed by atoms with Gasteiger partial charge in [-0.15, -0.1) is 0 Å². The van der Waals surface area contributed by atoms with E-state index in [2.05, 4.69) is 50.4 Å². The molecule has 0 aliphatic heterocycles. The molecule has 0 saturated heterocycles. The third kappa shape index (κ3) is 2.82. The number of hydrogen-bond donors (Lipinski definition) is 2. The first-order valence-corrected chi connectivity index (χ1v) is 6.80. The van der Waals surface area contributed by atoms with Crippen LogP contribution in [0.3, 0.4) is 0 Å². The first-order chi connectivity index (χ1) is 8.61. The monoisotopic (exact) mass is 244 g/mol. The molecule has 18 heavy (non-hydrogen) atoms. The van der Waals surface area contributed by atoms with Crippen molar-refractivity contribution in [3.05, 3.63) is 46.5 Å². The zero-order chi connectivity index (χ0) is 13.1. The molecular formula is C16H24N2. The minimum Gasteiger partial charge on any atom is -0.329 e. The summed E-state index contributed by atoms with van der Waals surface area (Å²) in [5.74, 6) is 0. The van der Waals surface area contributed by atoms with Crippen molar-refractivity contribution in [1.29, 1.82) is 0 Å². The van der Waals surface area contributed by atoms with E-state index in [1.165, 1.54) is 22.3 Å². The molecule has 2 heteroatoms. The second-order valence-electron chi connectivity index (χ2n) is 5.41. The predicted molar refractivity (Wildman–Crippen MR) is 77.7 cm³/mol. The molecule has 98 valence electrons. The normalized spacial score (nSPS) is 17.3. The molecule has 0 fully saturated rings. The molecule has 0 radical (unpaired) electrons. The van der Waals surface area contributed by atoms with E-state index in [9.17, 15) is 0 Å².